The van der Waals surface area contributed by atoms with E-state index in [9.17, 15) is 0 Å². The molecule has 0 heterocycles. The lowest BCUT2D eigenvalue weighted by atomic mass is 9.76. The first kappa shape index (κ1) is 11.5. The zero-order chi connectivity index (χ0) is 11.5. The first-order valence-corrected chi connectivity index (χ1v) is 6.10. The van der Waals surface area contributed by atoms with E-state index < -0.39 is 0 Å². The van der Waals surface area contributed by atoms with Crippen LogP contribution in [0.1, 0.15) is 37.7 Å². The normalized spacial score (nSPS) is 30.1. The van der Waals surface area contributed by atoms with Crippen molar-refractivity contribution in [2.45, 2.75) is 38.1 Å². The second kappa shape index (κ2) is 4.88. The lowest BCUT2D eigenvalue weighted by Crippen LogP contribution is -2.33. The number of rotatable bonds is 2. The van der Waals surface area contributed by atoms with Crippen LogP contribution >= 0.6 is 0 Å². The summed E-state index contributed by atoms with van der Waals surface area (Å²) >= 11 is 0. The SMILES string of the molecule is COc1ccc(C2CC(C)CCC2N)cc1. The van der Waals surface area contributed by atoms with Crippen LogP contribution in [0.25, 0.3) is 0 Å². The van der Waals surface area contributed by atoms with Gasteiger partial charge in [-0.05, 0) is 48.8 Å². The Kier molecular flexibility index (Phi) is 3.49. The van der Waals surface area contributed by atoms with Crippen LogP contribution < -0.4 is 10.5 Å². The van der Waals surface area contributed by atoms with Crippen LogP contribution in [0.3, 0.4) is 0 Å². The van der Waals surface area contributed by atoms with Crippen molar-refractivity contribution in [3.8, 4) is 5.75 Å². The monoisotopic (exact) mass is 219 g/mol. The van der Waals surface area contributed by atoms with Crippen molar-refractivity contribution in [2.75, 3.05) is 7.11 Å². The van der Waals surface area contributed by atoms with Gasteiger partial charge in [0.1, 0.15) is 5.75 Å². The highest BCUT2D eigenvalue weighted by atomic mass is 16.5. The number of benzene rings is 1. The van der Waals surface area contributed by atoms with Crippen molar-refractivity contribution in [3.63, 3.8) is 0 Å². The summed E-state index contributed by atoms with van der Waals surface area (Å²) in [7, 11) is 1.70. The highest BCUT2D eigenvalue weighted by Crippen LogP contribution is 2.35. The topological polar surface area (TPSA) is 35.2 Å². The summed E-state index contributed by atoms with van der Waals surface area (Å²) in [5, 5.41) is 0. The van der Waals surface area contributed by atoms with Gasteiger partial charge in [-0.3, -0.25) is 0 Å². The van der Waals surface area contributed by atoms with Gasteiger partial charge < -0.3 is 10.5 Å². The fourth-order valence-corrected chi connectivity index (χ4v) is 2.64. The molecule has 1 aromatic rings. The zero-order valence-electron chi connectivity index (χ0n) is 10.1. The van der Waals surface area contributed by atoms with E-state index in [1.54, 1.807) is 7.11 Å². The van der Waals surface area contributed by atoms with Crippen LogP contribution in [0.15, 0.2) is 24.3 Å². The first-order valence-electron chi connectivity index (χ1n) is 6.10. The molecule has 1 aliphatic carbocycles. The Labute approximate surface area is 97.8 Å². The van der Waals surface area contributed by atoms with Crippen LogP contribution in [-0.2, 0) is 0 Å². The van der Waals surface area contributed by atoms with Gasteiger partial charge in [-0.25, -0.2) is 0 Å². The van der Waals surface area contributed by atoms with Crippen molar-refractivity contribution in [3.05, 3.63) is 29.8 Å². The van der Waals surface area contributed by atoms with Crippen LogP contribution in [0.2, 0.25) is 0 Å². The lowest BCUT2D eigenvalue weighted by Gasteiger charge is -2.32. The van der Waals surface area contributed by atoms with Crippen molar-refractivity contribution in [1.29, 1.82) is 0 Å². The maximum Gasteiger partial charge on any atom is 0.118 e. The Morgan fingerprint density at radius 2 is 1.88 bits per heavy atom. The standard InChI is InChI=1S/C14H21NO/c1-10-3-8-14(15)13(9-10)11-4-6-12(16-2)7-5-11/h4-7,10,13-14H,3,8-9,15H2,1-2H3. The van der Waals surface area contributed by atoms with Gasteiger partial charge in [0.05, 0.1) is 7.11 Å². The van der Waals surface area contributed by atoms with E-state index in [-0.39, 0.29) is 0 Å². The molecule has 0 aliphatic heterocycles. The van der Waals surface area contributed by atoms with Gasteiger partial charge in [-0.1, -0.05) is 19.1 Å². The molecule has 0 bridgehead atoms. The molecule has 0 spiro atoms. The Balaban J connectivity index is 2.15. The molecule has 0 aromatic heterocycles. The van der Waals surface area contributed by atoms with E-state index in [0.29, 0.717) is 12.0 Å². The largest absolute Gasteiger partial charge is 0.497 e. The molecule has 2 rings (SSSR count). The fourth-order valence-electron chi connectivity index (χ4n) is 2.64. The van der Waals surface area contributed by atoms with Crippen LogP contribution in [-0.4, -0.2) is 13.2 Å². The third-order valence-electron chi connectivity index (χ3n) is 3.71. The van der Waals surface area contributed by atoms with Crippen molar-refractivity contribution in [1.82, 2.24) is 0 Å². The highest BCUT2D eigenvalue weighted by molar-refractivity contribution is 5.30. The smallest absolute Gasteiger partial charge is 0.118 e. The van der Waals surface area contributed by atoms with E-state index >= 15 is 0 Å². The lowest BCUT2D eigenvalue weighted by molar-refractivity contribution is 0.306. The minimum atomic E-state index is 0.324. The molecule has 2 heteroatoms. The third kappa shape index (κ3) is 2.38. The average Bonchev–Trinajstić information content (AvgIpc) is 2.32. The van der Waals surface area contributed by atoms with Crippen LogP contribution in [0.4, 0.5) is 0 Å². The number of hydrogen-bond donors (Lipinski definition) is 1. The summed E-state index contributed by atoms with van der Waals surface area (Å²) in [6, 6.07) is 8.69. The van der Waals surface area contributed by atoms with Crippen LogP contribution in [0.5, 0.6) is 5.75 Å². The van der Waals surface area contributed by atoms with Crippen molar-refractivity contribution < 1.29 is 4.74 Å². The minimum absolute atomic E-state index is 0.324. The molecular formula is C14H21NO. The molecule has 1 saturated carbocycles. The average molecular weight is 219 g/mol. The molecule has 2 nitrogen and oxygen atoms in total. The molecule has 0 saturated heterocycles. The van der Waals surface area contributed by atoms with Gasteiger partial charge in [-0.2, -0.15) is 0 Å². The Morgan fingerprint density at radius 1 is 1.19 bits per heavy atom. The molecule has 0 amide bonds. The van der Waals surface area contributed by atoms with Gasteiger partial charge in [0.15, 0.2) is 0 Å². The van der Waals surface area contributed by atoms with E-state index in [1.807, 2.05) is 12.1 Å². The molecule has 88 valence electrons. The second-order valence-corrected chi connectivity index (χ2v) is 4.96. The first-order chi connectivity index (χ1) is 7.70. The number of nitrogens with two attached hydrogens (primary N) is 1. The van der Waals surface area contributed by atoms with E-state index in [1.165, 1.54) is 18.4 Å². The second-order valence-electron chi connectivity index (χ2n) is 4.96. The maximum atomic E-state index is 6.21. The summed E-state index contributed by atoms with van der Waals surface area (Å²) in [4.78, 5) is 0. The molecule has 1 aromatic carbocycles. The number of methoxy groups -OCH3 is 1. The molecule has 3 unspecified atom stereocenters. The highest BCUT2D eigenvalue weighted by Gasteiger charge is 2.26. The number of ether oxygens (including phenoxy) is 1. The molecule has 1 aliphatic rings. The quantitative estimate of drug-likeness (QED) is 0.830. The molecule has 1 fully saturated rings. The van der Waals surface area contributed by atoms with Gasteiger partial charge in [0, 0.05) is 6.04 Å². The third-order valence-corrected chi connectivity index (χ3v) is 3.71. The van der Waals surface area contributed by atoms with Gasteiger partial charge in [-0.15, -0.1) is 0 Å². The van der Waals surface area contributed by atoms with E-state index in [4.69, 9.17) is 10.5 Å². The summed E-state index contributed by atoms with van der Waals surface area (Å²) in [6.45, 7) is 2.32. The molecule has 0 radical (unpaired) electrons. The summed E-state index contributed by atoms with van der Waals surface area (Å²) in [5.74, 6) is 2.24. The Hall–Kier alpha value is -1.02. The van der Waals surface area contributed by atoms with E-state index in [2.05, 4.69) is 19.1 Å². The summed E-state index contributed by atoms with van der Waals surface area (Å²) in [5.41, 5.74) is 7.57. The summed E-state index contributed by atoms with van der Waals surface area (Å²) < 4.78 is 5.17. The Bertz CT molecular complexity index is 333. The molecule has 3 atom stereocenters. The van der Waals surface area contributed by atoms with Crippen LogP contribution in [0, 0.1) is 5.92 Å². The van der Waals surface area contributed by atoms with Gasteiger partial charge in [0.2, 0.25) is 0 Å². The fraction of sp³-hybridized carbons (Fsp3) is 0.571. The summed E-state index contributed by atoms with van der Waals surface area (Å²) in [6.07, 6.45) is 3.64. The molecular weight excluding hydrogens is 198 g/mol. The predicted octanol–water partition coefficient (Wildman–Crippen LogP) is 2.93. The zero-order valence-corrected chi connectivity index (χ0v) is 10.1. The Morgan fingerprint density at radius 3 is 2.50 bits per heavy atom. The minimum Gasteiger partial charge on any atom is -0.497 e. The molecule has 2 N–H and O–H groups in total. The van der Waals surface area contributed by atoms with Gasteiger partial charge in [0.25, 0.3) is 0 Å². The van der Waals surface area contributed by atoms with Crippen molar-refractivity contribution >= 4 is 0 Å². The molecule has 16 heavy (non-hydrogen) atoms. The predicted molar refractivity (Wildman–Crippen MR) is 66.7 cm³/mol. The van der Waals surface area contributed by atoms with Gasteiger partial charge >= 0.3 is 0 Å². The van der Waals surface area contributed by atoms with Crippen molar-refractivity contribution in [2.24, 2.45) is 11.7 Å². The number of hydrogen-bond acceptors (Lipinski definition) is 2. The maximum absolute atomic E-state index is 6.21. The van der Waals surface area contributed by atoms with E-state index in [0.717, 1.165) is 18.1 Å².